The Hall–Kier alpha value is -1.06. The molecular formula is C14H22N2O. The molecule has 1 saturated heterocycles. The van der Waals surface area contributed by atoms with E-state index >= 15 is 0 Å². The molecule has 0 atom stereocenters. The first-order valence-electron chi connectivity index (χ1n) is 6.51. The summed E-state index contributed by atoms with van der Waals surface area (Å²) in [6.07, 6.45) is 2.48. The molecule has 0 amide bonds. The molecule has 1 heterocycles. The predicted molar refractivity (Wildman–Crippen MR) is 70.1 cm³/mol. The molecule has 1 aliphatic rings. The lowest BCUT2D eigenvalue weighted by Gasteiger charge is -2.31. The smallest absolute Gasteiger partial charge is 0.115 e. The second-order valence-corrected chi connectivity index (χ2v) is 4.76. The van der Waals surface area contributed by atoms with Crippen LogP contribution in [0.3, 0.4) is 0 Å². The Bertz CT molecular complexity index is 329. The minimum absolute atomic E-state index is 0.338. The van der Waals surface area contributed by atoms with Crippen LogP contribution in [0.15, 0.2) is 24.3 Å². The van der Waals surface area contributed by atoms with E-state index in [4.69, 9.17) is 0 Å². The van der Waals surface area contributed by atoms with E-state index in [0.717, 1.165) is 6.54 Å². The molecule has 94 valence electrons. The van der Waals surface area contributed by atoms with Crippen LogP contribution in [0.4, 0.5) is 0 Å². The van der Waals surface area contributed by atoms with Crippen molar-refractivity contribution in [3.8, 4) is 5.75 Å². The fourth-order valence-corrected chi connectivity index (χ4v) is 2.33. The first kappa shape index (κ1) is 12.4. The van der Waals surface area contributed by atoms with Crippen molar-refractivity contribution in [3.63, 3.8) is 0 Å². The van der Waals surface area contributed by atoms with E-state index in [1.807, 2.05) is 12.1 Å². The minimum Gasteiger partial charge on any atom is -0.508 e. The monoisotopic (exact) mass is 234 g/mol. The standard InChI is InChI=1S/C14H22N2O/c1-2-16-9-7-13(8-10-16)15-11-12-3-5-14(17)6-4-12/h3-6,13,15,17H,2,7-11H2,1H3. The van der Waals surface area contributed by atoms with Gasteiger partial charge in [-0.2, -0.15) is 0 Å². The number of benzene rings is 1. The Morgan fingerprint density at radius 1 is 1.24 bits per heavy atom. The minimum atomic E-state index is 0.338. The third-order valence-electron chi connectivity index (χ3n) is 3.57. The summed E-state index contributed by atoms with van der Waals surface area (Å²) >= 11 is 0. The van der Waals surface area contributed by atoms with Gasteiger partial charge in [-0.05, 0) is 50.2 Å². The summed E-state index contributed by atoms with van der Waals surface area (Å²) in [5, 5.41) is 12.8. The Kier molecular flexibility index (Phi) is 4.40. The molecule has 3 nitrogen and oxygen atoms in total. The van der Waals surface area contributed by atoms with Gasteiger partial charge < -0.3 is 15.3 Å². The fourth-order valence-electron chi connectivity index (χ4n) is 2.33. The van der Waals surface area contributed by atoms with Crippen LogP contribution >= 0.6 is 0 Å². The molecule has 0 bridgehead atoms. The number of aromatic hydroxyl groups is 1. The lowest BCUT2D eigenvalue weighted by molar-refractivity contribution is 0.206. The quantitative estimate of drug-likeness (QED) is 0.836. The van der Waals surface area contributed by atoms with Gasteiger partial charge >= 0.3 is 0 Å². The van der Waals surface area contributed by atoms with Crippen LogP contribution in [0.5, 0.6) is 5.75 Å². The van der Waals surface area contributed by atoms with Crippen molar-refractivity contribution in [1.29, 1.82) is 0 Å². The molecule has 0 spiro atoms. The van der Waals surface area contributed by atoms with Gasteiger partial charge in [0, 0.05) is 12.6 Å². The van der Waals surface area contributed by atoms with Gasteiger partial charge in [0.2, 0.25) is 0 Å². The summed E-state index contributed by atoms with van der Waals surface area (Å²) in [6, 6.07) is 8.09. The molecule has 0 saturated carbocycles. The average Bonchev–Trinajstić information content (AvgIpc) is 2.39. The fraction of sp³-hybridized carbons (Fsp3) is 0.571. The van der Waals surface area contributed by atoms with Crippen molar-refractivity contribution in [2.75, 3.05) is 19.6 Å². The van der Waals surface area contributed by atoms with E-state index in [-0.39, 0.29) is 0 Å². The first-order valence-corrected chi connectivity index (χ1v) is 6.51. The average molecular weight is 234 g/mol. The van der Waals surface area contributed by atoms with Crippen molar-refractivity contribution < 1.29 is 5.11 Å². The molecule has 0 aliphatic carbocycles. The Labute approximate surface area is 103 Å². The molecule has 17 heavy (non-hydrogen) atoms. The summed E-state index contributed by atoms with van der Waals surface area (Å²) in [5.41, 5.74) is 1.24. The molecule has 1 fully saturated rings. The van der Waals surface area contributed by atoms with Crippen LogP contribution in [0.25, 0.3) is 0 Å². The summed E-state index contributed by atoms with van der Waals surface area (Å²) in [5.74, 6) is 0.338. The zero-order valence-electron chi connectivity index (χ0n) is 10.5. The Morgan fingerprint density at radius 2 is 1.88 bits per heavy atom. The maximum Gasteiger partial charge on any atom is 0.115 e. The van der Waals surface area contributed by atoms with Gasteiger partial charge in [0.05, 0.1) is 0 Å². The van der Waals surface area contributed by atoms with Gasteiger partial charge in [0.25, 0.3) is 0 Å². The van der Waals surface area contributed by atoms with Gasteiger partial charge in [-0.1, -0.05) is 19.1 Å². The van der Waals surface area contributed by atoms with Gasteiger partial charge in [-0.25, -0.2) is 0 Å². The summed E-state index contributed by atoms with van der Waals surface area (Å²) in [6.45, 7) is 6.72. The van der Waals surface area contributed by atoms with E-state index in [0.29, 0.717) is 11.8 Å². The second kappa shape index (κ2) is 6.03. The zero-order valence-corrected chi connectivity index (χ0v) is 10.5. The molecule has 2 N–H and O–H groups in total. The lowest BCUT2D eigenvalue weighted by atomic mass is 10.0. The van der Waals surface area contributed by atoms with E-state index in [2.05, 4.69) is 17.1 Å². The molecular weight excluding hydrogens is 212 g/mol. The molecule has 1 aliphatic heterocycles. The topological polar surface area (TPSA) is 35.5 Å². The Morgan fingerprint density at radius 3 is 2.47 bits per heavy atom. The predicted octanol–water partition coefficient (Wildman–Crippen LogP) is 1.97. The van der Waals surface area contributed by atoms with Crippen molar-refractivity contribution in [2.24, 2.45) is 0 Å². The van der Waals surface area contributed by atoms with Crippen LogP contribution in [0.1, 0.15) is 25.3 Å². The summed E-state index contributed by atoms with van der Waals surface area (Å²) in [7, 11) is 0. The van der Waals surface area contributed by atoms with Crippen LogP contribution in [0.2, 0.25) is 0 Å². The van der Waals surface area contributed by atoms with Crippen LogP contribution in [-0.4, -0.2) is 35.7 Å². The largest absolute Gasteiger partial charge is 0.508 e. The van der Waals surface area contributed by atoms with Gasteiger partial charge in [0.1, 0.15) is 5.75 Å². The number of piperidine rings is 1. The van der Waals surface area contributed by atoms with E-state index in [9.17, 15) is 5.11 Å². The van der Waals surface area contributed by atoms with E-state index < -0.39 is 0 Å². The molecule has 0 aromatic heterocycles. The van der Waals surface area contributed by atoms with Crippen molar-refractivity contribution in [3.05, 3.63) is 29.8 Å². The number of phenols is 1. The normalized spacial score (nSPS) is 18.4. The number of rotatable bonds is 4. The molecule has 0 radical (unpaired) electrons. The van der Waals surface area contributed by atoms with Crippen LogP contribution in [-0.2, 0) is 6.54 Å². The third kappa shape index (κ3) is 3.72. The highest BCUT2D eigenvalue weighted by Gasteiger charge is 2.16. The number of hydrogen-bond donors (Lipinski definition) is 2. The summed E-state index contributed by atoms with van der Waals surface area (Å²) in [4.78, 5) is 2.50. The van der Waals surface area contributed by atoms with Gasteiger partial charge in [-0.15, -0.1) is 0 Å². The number of phenolic OH excluding ortho intramolecular Hbond substituents is 1. The van der Waals surface area contributed by atoms with Crippen LogP contribution < -0.4 is 5.32 Å². The van der Waals surface area contributed by atoms with Crippen molar-refractivity contribution in [1.82, 2.24) is 10.2 Å². The molecule has 2 rings (SSSR count). The zero-order chi connectivity index (χ0) is 12.1. The lowest BCUT2D eigenvalue weighted by Crippen LogP contribution is -2.42. The van der Waals surface area contributed by atoms with E-state index in [1.54, 1.807) is 12.1 Å². The number of nitrogens with one attached hydrogen (secondary N) is 1. The molecule has 0 unspecified atom stereocenters. The molecule has 1 aromatic carbocycles. The highest BCUT2D eigenvalue weighted by molar-refractivity contribution is 5.25. The van der Waals surface area contributed by atoms with Gasteiger partial charge in [-0.3, -0.25) is 0 Å². The Balaban J connectivity index is 1.74. The first-order chi connectivity index (χ1) is 8.28. The SMILES string of the molecule is CCN1CCC(NCc2ccc(O)cc2)CC1. The highest BCUT2D eigenvalue weighted by Crippen LogP contribution is 2.12. The molecule has 1 aromatic rings. The van der Waals surface area contributed by atoms with E-state index in [1.165, 1.54) is 38.0 Å². The van der Waals surface area contributed by atoms with Crippen LogP contribution in [0, 0.1) is 0 Å². The third-order valence-corrected chi connectivity index (χ3v) is 3.57. The summed E-state index contributed by atoms with van der Waals surface area (Å²) < 4.78 is 0. The van der Waals surface area contributed by atoms with Crippen molar-refractivity contribution >= 4 is 0 Å². The number of hydrogen-bond acceptors (Lipinski definition) is 3. The maximum atomic E-state index is 9.20. The van der Waals surface area contributed by atoms with Gasteiger partial charge in [0.15, 0.2) is 0 Å². The second-order valence-electron chi connectivity index (χ2n) is 4.76. The maximum absolute atomic E-state index is 9.20. The number of nitrogens with zero attached hydrogens (tertiary/aromatic N) is 1. The molecule has 3 heteroatoms. The number of likely N-dealkylation sites (tertiary alicyclic amines) is 1. The van der Waals surface area contributed by atoms with Crippen molar-refractivity contribution in [2.45, 2.75) is 32.4 Å². The highest BCUT2D eigenvalue weighted by atomic mass is 16.3.